The number of ether oxygens (including phenoxy) is 3. The summed E-state index contributed by atoms with van der Waals surface area (Å²) >= 11 is 0. The topological polar surface area (TPSA) is 82.8 Å². The predicted octanol–water partition coefficient (Wildman–Crippen LogP) is 5.72. The number of hydrogen-bond donors (Lipinski definition) is 1. The van der Waals surface area contributed by atoms with Gasteiger partial charge < -0.3 is 23.9 Å². The maximum absolute atomic E-state index is 12.6. The fourth-order valence-corrected chi connectivity index (χ4v) is 3.26. The van der Waals surface area contributed by atoms with Crippen LogP contribution in [0.1, 0.15) is 12.3 Å². The van der Waals surface area contributed by atoms with Crippen LogP contribution >= 0.6 is 0 Å². The molecule has 1 aromatic heterocycles. The summed E-state index contributed by atoms with van der Waals surface area (Å²) in [6.07, 6.45) is 2.19. The van der Waals surface area contributed by atoms with E-state index in [1.54, 1.807) is 32.5 Å². The Hall–Kier alpha value is -4.26. The lowest BCUT2D eigenvalue weighted by Crippen LogP contribution is -2.13. The lowest BCUT2D eigenvalue weighted by Gasteiger charge is -2.12. The fourth-order valence-electron chi connectivity index (χ4n) is 3.26. The van der Waals surface area contributed by atoms with Gasteiger partial charge in [-0.3, -0.25) is 4.79 Å². The first kappa shape index (κ1) is 22.0. The number of aromatic nitrogens is 1. The SMILES string of the molecule is COc1ccc(-c2cnc(CCC(=O)Nc3ccccc3Oc3ccccc3)o2)c(OC)c1. The van der Waals surface area contributed by atoms with Crippen LogP contribution in [0.5, 0.6) is 23.0 Å². The minimum atomic E-state index is -0.166. The first-order valence-electron chi connectivity index (χ1n) is 10.4. The molecule has 0 aliphatic heterocycles. The van der Waals surface area contributed by atoms with Gasteiger partial charge in [-0.15, -0.1) is 0 Å². The van der Waals surface area contributed by atoms with Crippen molar-refractivity contribution >= 4 is 11.6 Å². The summed E-state index contributed by atoms with van der Waals surface area (Å²) in [6, 6.07) is 22.2. The highest BCUT2D eigenvalue weighted by Crippen LogP contribution is 2.34. The highest BCUT2D eigenvalue weighted by Gasteiger charge is 2.14. The summed E-state index contributed by atoms with van der Waals surface area (Å²) in [5, 5.41) is 2.90. The Labute approximate surface area is 191 Å². The zero-order valence-corrected chi connectivity index (χ0v) is 18.4. The first-order chi connectivity index (χ1) is 16.2. The zero-order valence-electron chi connectivity index (χ0n) is 18.4. The van der Waals surface area contributed by atoms with Gasteiger partial charge in [0.05, 0.1) is 31.7 Å². The Bertz CT molecular complexity index is 1220. The monoisotopic (exact) mass is 444 g/mol. The van der Waals surface area contributed by atoms with Gasteiger partial charge >= 0.3 is 0 Å². The molecule has 1 amide bonds. The van der Waals surface area contributed by atoms with Crippen LogP contribution in [-0.2, 0) is 11.2 Å². The Morgan fingerprint density at radius 1 is 0.909 bits per heavy atom. The fraction of sp³-hybridized carbons (Fsp3) is 0.154. The molecule has 0 saturated heterocycles. The number of anilines is 1. The molecule has 7 nitrogen and oxygen atoms in total. The van der Waals surface area contributed by atoms with Gasteiger partial charge in [-0.2, -0.15) is 0 Å². The third kappa shape index (κ3) is 5.51. The Morgan fingerprint density at radius 2 is 1.70 bits per heavy atom. The molecular weight excluding hydrogens is 420 g/mol. The second kappa shape index (κ2) is 10.4. The Kier molecular flexibility index (Phi) is 6.90. The van der Waals surface area contributed by atoms with Gasteiger partial charge in [0.15, 0.2) is 17.4 Å². The number of aryl methyl sites for hydroxylation is 1. The van der Waals surface area contributed by atoms with Crippen molar-refractivity contribution in [2.45, 2.75) is 12.8 Å². The van der Waals surface area contributed by atoms with Crippen LogP contribution in [0.2, 0.25) is 0 Å². The molecule has 0 bridgehead atoms. The second-order valence-electron chi connectivity index (χ2n) is 7.14. The van der Waals surface area contributed by atoms with Gasteiger partial charge in [-0.05, 0) is 36.4 Å². The van der Waals surface area contributed by atoms with Crippen molar-refractivity contribution in [2.75, 3.05) is 19.5 Å². The maximum atomic E-state index is 12.6. The Balaban J connectivity index is 1.39. The van der Waals surface area contributed by atoms with Crippen LogP contribution in [0.3, 0.4) is 0 Å². The number of para-hydroxylation sites is 3. The van der Waals surface area contributed by atoms with Crippen LogP contribution in [0, 0.1) is 0 Å². The van der Waals surface area contributed by atoms with Crippen molar-refractivity contribution < 1.29 is 23.4 Å². The predicted molar refractivity (Wildman–Crippen MR) is 125 cm³/mol. The van der Waals surface area contributed by atoms with Crippen molar-refractivity contribution in [1.82, 2.24) is 4.98 Å². The molecule has 7 heteroatoms. The smallest absolute Gasteiger partial charge is 0.224 e. The lowest BCUT2D eigenvalue weighted by molar-refractivity contribution is -0.116. The number of benzene rings is 3. The number of rotatable bonds is 9. The third-order valence-corrected chi connectivity index (χ3v) is 4.93. The van der Waals surface area contributed by atoms with Crippen LogP contribution in [0.4, 0.5) is 5.69 Å². The normalized spacial score (nSPS) is 10.5. The van der Waals surface area contributed by atoms with Crippen LogP contribution in [0.25, 0.3) is 11.3 Å². The highest BCUT2D eigenvalue weighted by molar-refractivity contribution is 5.92. The van der Waals surface area contributed by atoms with Gasteiger partial charge in [-0.1, -0.05) is 30.3 Å². The third-order valence-electron chi connectivity index (χ3n) is 4.93. The minimum Gasteiger partial charge on any atom is -0.497 e. The molecule has 4 aromatic rings. The van der Waals surface area contributed by atoms with E-state index >= 15 is 0 Å². The van der Waals surface area contributed by atoms with Gasteiger partial charge in [0.25, 0.3) is 0 Å². The van der Waals surface area contributed by atoms with E-state index in [1.165, 1.54) is 0 Å². The molecule has 0 unspecified atom stereocenters. The van der Waals surface area contributed by atoms with E-state index in [2.05, 4.69) is 10.3 Å². The molecule has 33 heavy (non-hydrogen) atoms. The second-order valence-corrected chi connectivity index (χ2v) is 7.14. The van der Waals surface area contributed by atoms with Gasteiger partial charge in [0.2, 0.25) is 5.91 Å². The van der Waals surface area contributed by atoms with Crippen LogP contribution in [0.15, 0.2) is 83.4 Å². The van der Waals surface area contributed by atoms with E-state index in [0.29, 0.717) is 46.8 Å². The molecular formula is C26H24N2O5. The molecule has 0 aliphatic rings. The molecule has 0 fully saturated rings. The van der Waals surface area contributed by atoms with E-state index in [-0.39, 0.29) is 12.3 Å². The van der Waals surface area contributed by atoms with Crippen LogP contribution in [-0.4, -0.2) is 25.1 Å². The van der Waals surface area contributed by atoms with Gasteiger partial charge in [0.1, 0.15) is 17.2 Å². The summed E-state index contributed by atoms with van der Waals surface area (Å²) in [4.78, 5) is 16.9. The van der Waals surface area contributed by atoms with Crippen molar-refractivity contribution in [1.29, 1.82) is 0 Å². The summed E-state index contributed by atoms with van der Waals surface area (Å²) in [5.74, 6) is 3.43. The number of carbonyl (C=O) groups excluding carboxylic acids is 1. The quantitative estimate of drug-likeness (QED) is 0.355. The molecule has 1 heterocycles. The Morgan fingerprint density at radius 3 is 2.48 bits per heavy atom. The molecule has 0 atom stereocenters. The number of methoxy groups -OCH3 is 2. The van der Waals surface area contributed by atoms with Crippen LogP contribution < -0.4 is 19.5 Å². The number of oxazole rings is 1. The first-order valence-corrected chi connectivity index (χ1v) is 10.4. The summed E-state index contributed by atoms with van der Waals surface area (Å²) < 4.78 is 22.4. The van der Waals surface area contributed by atoms with E-state index in [9.17, 15) is 4.79 Å². The van der Waals surface area contributed by atoms with Gasteiger partial charge in [-0.25, -0.2) is 4.98 Å². The zero-order chi connectivity index (χ0) is 23.0. The average molecular weight is 444 g/mol. The summed E-state index contributed by atoms with van der Waals surface area (Å²) in [6.45, 7) is 0. The van der Waals surface area contributed by atoms with Crippen molar-refractivity contribution in [2.24, 2.45) is 0 Å². The van der Waals surface area contributed by atoms with Crippen molar-refractivity contribution in [3.8, 4) is 34.3 Å². The average Bonchev–Trinajstić information content (AvgIpc) is 3.33. The molecule has 0 saturated carbocycles. The lowest BCUT2D eigenvalue weighted by atomic mass is 10.1. The molecule has 3 aromatic carbocycles. The van der Waals surface area contributed by atoms with E-state index in [1.807, 2.05) is 60.7 Å². The molecule has 1 N–H and O–H groups in total. The van der Waals surface area contributed by atoms with E-state index in [4.69, 9.17) is 18.6 Å². The highest BCUT2D eigenvalue weighted by atomic mass is 16.5. The number of nitrogens with one attached hydrogen (secondary N) is 1. The van der Waals surface area contributed by atoms with Gasteiger partial charge in [0, 0.05) is 18.9 Å². The molecule has 0 radical (unpaired) electrons. The maximum Gasteiger partial charge on any atom is 0.224 e. The summed E-state index contributed by atoms with van der Waals surface area (Å²) in [7, 11) is 3.18. The number of carbonyl (C=O) groups is 1. The standard InChI is InChI=1S/C26H24N2O5/c1-30-19-12-13-20(23(16-19)31-2)24-17-27-26(33-24)15-14-25(29)28-21-10-6-7-11-22(21)32-18-8-4-3-5-9-18/h3-13,16-17H,14-15H2,1-2H3,(H,28,29). The molecule has 4 rings (SSSR count). The summed E-state index contributed by atoms with van der Waals surface area (Å²) in [5.41, 5.74) is 1.36. The number of hydrogen-bond acceptors (Lipinski definition) is 6. The van der Waals surface area contributed by atoms with E-state index < -0.39 is 0 Å². The largest absolute Gasteiger partial charge is 0.497 e. The number of amides is 1. The van der Waals surface area contributed by atoms with Crippen molar-refractivity contribution in [3.05, 3.63) is 84.9 Å². The van der Waals surface area contributed by atoms with E-state index in [0.717, 1.165) is 5.56 Å². The molecule has 0 spiro atoms. The minimum absolute atomic E-state index is 0.166. The number of nitrogens with zero attached hydrogens (tertiary/aromatic N) is 1. The molecule has 0 aliphatic carbocycles. The molecule has 168 valence electrons. The van der Waals surface area contributed by atoms with Crippen molar-refractivity contribution in [3.63, 3.8) is 0 Å².